The summed E-state index contributed by atoms with van der Waals surface area (Å²) < 4.78 is 1.58. The SMILES string of the molecule is C=CC(C)n1cc[nH]c1=O. The fourth-order valence-electron chi connectivity index (χ4n) is 0.765. The second-order valence-corrected chi connectivity index (χ2v) is 2.15. The molecule has 1 aromatic rings. The van der Waals surface area contributed by atoms with Crippen LogP contribution in [0.2, 0.25) is 0 Å². The number of aromatic nitrogens is 2. The minimum Gasteiger partial charge on any atom is -0.313 e. The Labute approximate surface area is 59.0 Å². The highest BCUT2D eigenvalue weighted by atomic mass is 16.1. The molecule has 0 saturated heterocycles. The largest absolute Gasteiger partial charge is 0.326 e. The van der Waals surface area contributed by atoms with Crippen molar-refractivity contribution in [2.45, 2.75) is 13.0 Å². The van der Waals surface area contributed by atoms with E-state index in [9.17, 15) is 4.79 Å². The molecule has 0 aliphatic rings. The Morgan fingerprint density at radius 1 is 1.90 bits per heavy atom. The lowest BCUT2D eigenvalue weighted by Gasteiger charge is -2.03. The van der Waals surface area contributed by atoms with Crippen molar-refractivity contribution in [1.82, 2.24) is 9.55 Å². The first-order valence-corrected chi connectivity index (χ1v) is 3.14. The molecule has 0 amide bonds. The minimum absolute atomic E-state index is 0.0683. The third-order valence-corrected chi connectivity index (χ3v) is 1.46. The zero-order valence-corrected chi connectivity index (χ0v) is 5.87. The lowest BCUT2D eigenvalue weighted by molar-refractivity contribution is 0.638. The van der Waals surface area contributed by atoms with Gasteiger partial charge in [0.1, 0.15) is 0 Å². The van der Waals surface area contributed by atoms with Crippen LogP contribution in [0.25, 0.3) is 0 Å². The van der Waals surface area contributed by atoms with Crippen molar-refractivity contribution in [3.05, 3.63) is 35.5 Å². The van der Waals surface area contributed by atoms with Crippen LogP contribution in [-0.4, -0.2) is 9.55 Å². The van der Waals surface area contributed by atoms with Gasteiger partial charge in [-0.3, -0.25) is 4.57 Å². The number of allylic oxidation sites excluding steroid dienone is 1. The van der Waals surface area contributed by atoms with E-state index in [1.165, 1.54) is 0 Å². The normalized spacial score (nSPS) is 12.9. The predicted octanol–water partition coefficient (Wildman–Crippen LogP) is 0.923. The van der Waals surface area contributed by atoms with Crippen molar-refractivity contribution < 1.29 is 0 Å². The van der Waals surface area contributed by atoms with E-state index in [0.717, 1.165) is 0 Å². The van der Waals surface area contributed by atoms with E-state index in [-0.39, 0.29) is 11.7 Å². The average Bonchev–Trinajstić information content (AvgIpc) is 2.34. The summed E-state index contributed by atoms with van der Waals surface area (Å²) in [6.45, 7) is 5.49. The van der Waals surface area contributed by atoms with Gasteiger partial charge in [-0.05, 0) is 6.92 Å². The van der Waals surface area contributed by atoms with Crippen molar-refractivity contribution in [3.8, 4) is 0 Å². The Morgan fingerprint density at radius 2 is 2.60 bits per heavy atom. The minimum atomic E-state index is -0.0904. The maximum absolute atomic E-state index is 10.9. The van der Waals surface area contributed by atoms with Gasteiger partial charge in [0.2, 0.25) is 0 Å². The molecule has 54 valence electrons. The van der Waals surface area contributed by atoms with E-state index >= 15 is 0 Å². The molecule has 10 heavy (non-hydrogen) atoms. The maximum atomic E-state index is 10.9. The molecule has 0 radical (unpaired) electrons. The first kappa shape index (κ1) is 6.86. The number of hydrogen-bond acceptors (Lipinski definition) is 1. The number of aromatic amines is 1. The van der Waals surface area contributed by atoms with E-state index in [1.807, 2.05) is 6.92 Å². The molecule has 3 heteroatoms. The van der Waals surface area contributed by atoms with Crippen molar-refractivity contribution >= 4 is 0 Å². The summed E-state index contributed by atoms with van der Waals surface area (Å²) in [5.41, 5.74) is -0.0904. The van der Waals surface area contributed by atoms with Crippen LogP contribution in [0.1, 0.15) is 13.0 Å². The quantitative estimate of drug-likeness (QED) is 0.606. The molecule has 1 unspecified atom stereocenters. The van der Waals surface area contributed by atoms with Crippen molar-refractivity contribution in [3.63, 3.8) is 0 Å². The lowest BCUT2D eigenvalue weighted by Crippen LogP contribution is -2.18. The Morgan fingerprint density at radius 3 is 3.00 bits per heavy atom. The van der Waals surface area contributed by atoms with Crippen LogP contribution in [0.4, 0.5) is 0 Å². The number of H-pyrrole nitrogens is 1. The van der Waals surface area contributed by atoms with Crippen molar-refractivity contribution in [2.75, 3.05) is 0 Å². The Hall–Kier alpha value is -1.25. The van der Waals surface area contributed by atoms with Crippen LogP contribution >= 0.6 is 0 Å². The summed E-state index contributed by atoms with van der Waals surface area (Å²) >= 11 is 0. The van der Waals surface area contributed by atoms with Gasteiger partial charge in [-0.2, -0.15) is 0 Å². The topological polar surface area (TPSA) is 37.8 Å². The van der Waals surface area contributed by atoms with Gasteiger partial charge >= 0.3 is 5.69 Å². The van der Waals surface area contributed by atoms with E-state index < -0.39 is 0 Å². The number of rotatable bonds is 2. The monoisotopic (exact) mass is 138 g/mol. The fraction of sp³-hybridized carbons (Fsp3) is 0.286. The van der Waals surface area contributed by atoms with Gasteiger partial charge in [0.15, 0.2) is 0 Å². The Kier molecular flexibility index (Phi) is 1.76. The Balaban J connectivity index is 3.04. The van der Waals surface area contributed by atoms with Gasteiger partial charge in [0.25, 0.3) is 0 Å². The van der Waals surface area contributed by atoms with Gasteiger partial charge in [-0.1, -0.05) is 6.08 Å². The molecule has 0 aromatic carbocycles. The zero-order valence-electron chi connectivity index (χ0n) is 5.87. The zero-order chi connectivity index (χ0) is 7.56. The third kappa shape index (κ3) is 1.03. The molecule has 0 fully saturated rings. The molecular weight excluding hydrogens is 128 g/mol. The van der Waals surface area contributed by atoms with E-state index in [0.29, 0.717) is 0 Å². The van der Waals surface area contributed by atoms with Crippen LogP contribution in [0.3, 0.4) is 0 Å². The molecule has 1 aromatic heterocycles. The second-order valence-electron chi connectivity index (χ2n) is 2.15. The number of nitrogens with one attached hydrogen (secondary N) is 1. The highest BCUT2D eigenvalue weighted by molar-refractivity contribution is 4.87. The van der Waals surface area contributed by atoms with Gasteiger partial charge in [-0.15, -0.1) is 6.58 Å². The highest BCUT2D eigenvalue weighted by Gasteiger charge is 1.99. The van der Waals surface area contributed by atoms with Crippen LogP contribution < -0.4 is 5.69 Å². The molecule has 0 aliphatic heterocycles. The van der Waals surface area contributed by atoms with E-state index in [2.05, 4.69) is 11.6 Å². The van der Waals surface area contributed by atoms with E-state index in [4.69, 9.17) is 0 Å². The molecule has 0 aliphatic carbocycles. The Bertz CT molecular complexity index is 271. The number of hydrogen-bond donors (Lipinski definition) is 1. The summed E-state index contributed by atoms with van der Waals surface area (Å²) in [5.74, 6) is 0. The number of nitrogens with zero attached hydrogens (tertiary/aromatic N) is 1. The van der Waals surface area contributed by atoms with Gasteiger partial charge in [0, 0.05) is 12.4 Å². The first-order chi connectivity index (χ1) is 4.75. The summed E-state index contributed by atoms with van der Waals surface area (Å²) in [7, 11) is 0. The highest BCUT2D eigenvalue weighted by Crippen LogP contribution is 1.99. The summed E-state index contributed by atoms with van der Waals surface area (Å²) in [4.78, 5) is 13.4. The maximum Gasteiger partial charge on any atom is 0.326 e. The first-order valence-electron chi connectivity index (χ1n) is 3.14. The molecule has 0 bridgehead atoms. The molecule has 1 N–H and O–H groups in total. The van der Waals surface area contributed by atoms with Crippen LogP contribution in [0, 0.1) is 0 Å². The molecule has 1 atom stereocenters. The summed E-state index contributed by atoms with van der Waals surface area (Å²) in [6.07, 6.45) is 5.03. The molecular formula is C7H10N2O. The summed E-state index contributed by atoms with van der Waals surface area (Å²) in [6, 6.07) is 0.0683. The molecule has 0 spiro atoms. The average molecular weight is 138 g/mol. The van der Waals surface area contributed by atoms with Gasteiger partial charge in [0.05, 0.1) is 6.04 Å². The standard InChI is InChI=1S/C7H10N2O/c1-3-6(2)9-5-4-8-7(9)10/h3-6H,1H2,2H3,(H,8,10). The summed E-state index contributed by atoms with van der Waals surface area (Å²) in [5, 5.41) is 0. The molecule has 3 nitrogen and oxygen atoms in total. The van der Waals surface area contributed by atoms with Crippen LogP contribution in [-0.2, 0) is 0 Å². The fourth-order valence-corrected chi connectivity index (χ4v) is 0.765. The smallest absolute Gasteiger partial charge is 0.313 e. The van der Waals surface area contributed by atoms with Crippen molar-refractivity contribution in [1.29, 1.82) is 0 Å². The second kappa shape index (κ2) is 2.56. The van der Waals surface area contributed by atoms with Crippen LogP contribution in [0.15, 0.2) is 29.8 Å². The van der Waals surface area contributed by atoms with Crippen molar-refractivity contribution in [2.24, 2.45) is 0 Å². The lowest BCUT2D eigenvalue weighted by atomic mass is 10.3. The molecule has 1 heterocycles. The molecule has 0 saturated carbocycles. The predicted molar refractivity (Wildman–Crippen MR) is 40.0 cm³/mol. The third-order valence-electron chi connectivity index (χ3n) is 1.46. The van der Waals surface area contributed by atoms with Crippen LogP contribution in [0.5, 0.6) is 0 Å². The van der Waals surface area contributed by atoms with Gasteiger partial charge < -0.3 is 4.98 Å². The van der Waals surface area contributed by atoms with Gasteiger partial charge in [-0.25, -0.2) is 4.79 Å². The number of imidazole rings is 1. The van der Waals surface area contributed by atoms with E-state index in [1.54, 1.807) is 23.0 Å². The molecule has 1 rings (SSSR count).